The monoisotopic (exact) mass is 275 g/mol. The van der Waals surface area contributed by atoms with Gasteiger partial charge in [-0.2, -0.15) is 5.10 Å². The lowest BCUT2D eigenvalue weighted by atomic mass is 9.95. The first-order valence-electron chi connectivity index (χ1n) is 6.54. The van der Waals surface area contributed by atoms with Crippen LogP contribution in [0.1, 0.15) is 38.0 Å². The molecule has 0 saturated heterocycles. The Labute approximate surface area is 119 Å². The zero-order chi connectivity index (χ0) is 14.8. The van der Waals surface area contributed by atoms with Crippen LogP contribution in [-0.2, 0) is 16.8 Å². The van der Waals surface area contributed by atoms with Crippen molar-refractivity contribution in [2.24, 2.45) is 0 Å². The van der Waals surface area contributed by atoms with Gasteiger partial charge in [0.05, 0.1) is 29.9 Å². The number of hydrogen-bond donors (Lipinski definition) is 2. The van der Waals surface area contributed by atoms with Crippen molar-refractivity contribution in [3.63, 3.8) is 0 Å². The first kappa shape index (κ1) is 14.5. The summed E-state index contributed by atoms with van der Waals surface area (Å²) in [5.74, 6) is 1.54. The molecule has 0 aliphatic rings. The highest BCUT2D eigenvalue weighted by atomic mass is 16.5. The first-order chi connectivity index (χ1) is 9.40. The molecule has 2 N–H and O–H groups in total. The van der Waals surface area contributed by atoms with Crippen LogP contribution in [0.4, 0.5) is 11.5 Å². The third-order valence-electron chi connectivity index (χ3n) is 2.83. The summed E-state index contributed by atoms with van der Waals surface area (Å²) in [5, 5.41) is 10.1. The van der Waals surface area contributed by atoms with E-state index >= 15 is 0 Å². The van der Waals surface area contributed by atoms with Crippen LogP contribution in [0.5, 0.6) is 0 Å². The van der Waals surface area contributed by atoms with E-state index in [4.69, 9.17) is 4.74 Å². The largest absolute Gasteiger partial charge is 0.378 e. The van der Waals surface area contributed by atoms with Gasteiger partial charge in [0.1, 0.15) is 11.6 Å². The fourth-order valence-electron chi connectivity index (χ4n) is 1.73. The summed E-state index contributed by atoms with van der Waals surface area (Å²) in [4.78, 5) is 9.13. The summed E-state index contributed by atoms with van der Waals surface area (Å²) in [6.07, 6.45) is 1.74. The molecule has 0 aromatic carbocycles. The SMILES string of the molecule is COCc1cc(Nc2cn[nH]c2C)nc(C(C)(C)C)n1. The van der Waals surface area contributed by atoms with E-state index in [1.807, 2.05) is 13.0 Å². The fraction of sp³-hybridized carbons (Fsp3) is 0.500. The van der Waals surface area contributed by atoms with E-state index in [0.29, 0.717) is 6.61 Å². The molecular formula is C14H21N5O. The highest BCUT2D eigenvalue weighted by Gasteiger charge is 2.19. The van der Waals surface area contributed by atoms with Crippen molar-refractivity contribution in [2.75, 3.05) is 12.4 Å². The third-order valence-corrected chi connectivity index (χ3v) is 2.83. The number of hydrogen-bond acceptors (Lipinski definition) is 5. The van der Waals surface area contributed by atoms with Crippen molar-refractivity contribution >= 4 is 11.5 Å². The van der Waals surface area contributed by atoms with Crippen LogP contribution in [-0.4, -0.2) is 27.3 Å². The maximum absolute atomic E-state index is 5.17. The Morgan fingerprint density at radius 3 is 2.60 bits per heavy atom. The Balaban J connectivity index is 2.36. The number of anilines is 2. The average molecular weight is 275 g/mol. The lowest BCUT2D eigenvalue weighted by molar-refractivity contribution is 0.181. The number of aromatic amines is 1. The van der Waals surface area contributed by atoms with Crippen molar-refractivity contribution < 1.29 is 4.74 Å². The van der Waals surface area contributed by atoms with Crippen LogP contribution < -0.4 is 5.32 Å². The van der Waals surface area contributed by atoms with Gasteiger partial charge < -0.3 is 10.1 Å². The molecule has 0 amide bonds. The Hall–Kier alpha value is -1.95. The molecule has 6 heteroatoms. The molecule has 0 unspecified atom stereocenters. The van der Waals surface area contributed by atoms with Gasteiger partial charge in [0.2, 0.25) is 0 Å². The molecule has 108 valence electrons. The van der Waals surface area contributed by atoms with E-state index in [1.165, 1.54) is 0 Å². The molecule has 0 spiro atoms. The normalized spacial score (nSPS) is 11.7. The molecule has 6 nitrogen and oxygen atoms in total. The average Bonchev–Trinajstić information content (AvgIpc) is 2.74. The Bertz CT molecular complexity index is 585. The standard InChI is InChI=1S/C14H21N5O/c1-9-11(7-15-19-9)17-12-6-10(8-20-5)16-13(18-12)14(2,3)4/h6-7H,8H2,1-5H3,(H,15,19)(H,16,17,18). The zero-order valence-corrected chi connectivity index (χ0v) is 12.6. The second kappa shape index (κ2) is 5.58. The molecule has 0 atom stereocenters. The highest BCUT2D eigenvalue weighted by Crippen LogP contribution is 2.23. The summed E-state index contributed by atoms with van der Waals surface area (Å²) in [5.41, 5.74) is 2.61. The topological polar surface area (TPSA) is 75.7 Å². The van der Waals surface area contributed by atoms with Gasteiger partial charge in [-0.3, -0.25) is 5.10 Å². The van der Waals surface area contributed by atoms with E-state index in [2.05, 4.69) is 46.3 Å². The number of H-pyrrole nitrogens is 1. The summed E-state index contributed by atoms with van der Waals surface area (Å²) < 4.78 is 5.17. The molecule has 0 radical (unpaired) electrons. The quantitative estimate of drug-likeness (QED) is 0.897. The van der Waals surface area contributed by atoms with Crippen LogP contribution in [0.15, 0.2) is 12.3 Å². The van der Waals surface area contributed by atoms with Crippen LogP contribution in [0.25, 0.3) is 0 Å². The number of nitrogens with zero attached hydrogens (tertiary/aromatic N) is 3. The minimum Gasteiger partial charge on any atom is -0.378 e. The lowest BCUT2D eigenvalue weighted by Crippen LogP contribution is -2.18. The van der Waals surface area contributed by atoms with Gasteiger partial charge in [0.15, 0.2) is 0 Å². The van der Waals surface area contributed by atoms with Crippen LogP contribution in [0.3, 0.4) is 0 Å². The molecule has 0 bridgehead atoms. The highest BCUT2D eigenvalue weighted by molar-refractivity contribution is 5.57. The Morgan fingerprint density at radius 2 is 2.05 bits per heavy atom. The molecule has 2 rings (SSSR count). The van der Waals surface area contributed by atoms with Crippen LogP contribution >= 0.6 is 0 Å². The number of nitrogens with one attached hydrogen (secondary N) is 2. The van der Waals surface area contributed by atoms with E-state index in [0.717, 1.165) is 28.7 Å². The van der Waals surface area contributed by atoms with Gasteiger partial charge in [0.25, 0.3) is 0 Å². The van der Waals surface area contributed by atoms with E-state index in [9.17, 15) is 0 Å². The van der Waals surface area contributed by atoms with Gasteiger partial charge in [0, 0.05) is 18.6 Å². The lowest BCUT2D eigenvalue weighted by Gasteiger charge is -2.18. The second-order valence-corrected chi connectivity index (χ2v) is 5.78. The molecule has 0 aliphatic carbocycles. The molecule has 0 aliphatic heterocycles. The van der Waals surface area contributed by atoms with Crippen molar-refractivity contribution in [3.8, 4) is 0 Å². The third kappa shape index (κ3) is 3.33. The zero-order valence-electron chi connectivity index (χ0n) is 12.6. The molecule has 2 aromatic rings. The Kier molecular flexibility index (Phi) is 4.04. The maximum Gasteiger partial charge on any atom is 0.136 e. The summed E-state index contributed by atoms with van der Waals surface area (Å²) >= 11 is 0. The van der Waals surface area contributed by atoms with E-state index < -0.39 is 0 Å². The first-order valence-corrected chi connectivity index (χ1v) is 6.54. The fourth-order valence-corrected chi connectivity index (χ4v) is 1.73. The molecule has 2 heterocycles. The minimum absolute atomic E-state index is 0.119. The summed E-state index contributed by atoms with van der Waals surface area (Å²) in [6, 6.07) is 1.89. The maximum atomic E-state index is 5.17. The van der Waals surface area contributed by atoms with Crippen molar-refractivity contribution in [1.29, 1.82) is 0 Å². The molecule has 20 heavy (non-hydrogen) atoms. The van der Waals surface area contributed by atoms with Crippen LogP contribution in [0, 0.1) is 6.92 Å². The van der Waals surface area contributed by atoms with Gasteiger partial charge in [-0.15, -0.1) is 0 Å². The number of ether oxygens (including phenoxy) is 1. The molecule has 0 fully saturated rings. The predicted molar refractivity (Wildman–Crippen MR) is 78.1 cm³/mol. The minimum atomic E-state index is -0.119. The van der Waals surface area contributed by atoms with E-state index in [-0.39, 0.29) is 5.41 Å². The predicted octanol–water partition coefficient (Wildman–Crippen LogP) is 2.70. The van der Waals surface area contributed by atoms with Crippen molar-refractivity contribution in [2.45, 2.75) is 39.7 Å². The number of aryl methyl sites for hydroxylation is 1. The number of aromatic nitrogens is 4. The van der Waals surface area contributed by atoms with Gasteiger partial charge in [-0.25, -0.2) is 9.97 Å². The number of methoxy groups -OCH3 is 1. The van der Waals surface area contributed by atoms with Gasteiger partial charge in [-0.1, -0.05) is 20.8 Å². The number of rotatable bonds is 4. The van der Waals surface area contributed by atoms with E-state index in [1.54, 1.807) is 13.3 Å². The molecule has 0 saturated carbocycles. The molecular weight excluding hydrogens is 254 g/mol. The van der Waals surface area contributed by atoms with Crippen molar-refractivity contribution in [3.05, 3.63) is 29.5 Å². The van der Waals surface area contributed by atoms with Gasteiger partial charge >= 0.3 is 0 Å². The second-order valence-electron chi connectivity index (χ2n) is 5.78. The molecule has 2 aromatic heterocycles. The van der Waals surface area contributed by atoms with Crippen LogP contribution in [0.2, 0.25) is 0 Å². The summed E-state index contributed by atoms with van der Waals surface area (Å²) in [7, 11) is 1.66. The smallest absolute Gasteiger partial charge is 0.136 e. The van der Waals surface area contributed by atoms with Gasteiger partial charge in [-0.05, 0) is 6.92 Å². The summed E-state index contributed by atoms with van der Waals surface area (Å²) in [6.45, 7) is 8.69. The Morgan fingerprint density at radius 1 is 1.30 bits per heavy atom. The van der Waals surface area contributed by atoms with Crippen molar-refractivity contribution in [1.82, 2.24) is 20.2 Å².